The van der Waals surface area contributed by atoms with Gasteiger partial charge in [-0.05, 0) is 50.8 Å². The van der Waals surface area contributed by atoms with E-state index in [2.05, 4.69) is 43.2 Å². The number of halogens is 2. The van der Waals surface area contributed by atoms with Gasteiger partial charge in [0.2, 0.25) is 5.91 Å². The van der Waals surface area contributed by atoms with Crippen molar-refractivity contribution in [1.82, 2.24) is 10.2 Å². The van der Waals surface area contributed by atoms with Crippen molar-refractivity contribution in [2.45, 2.75) is 51.9 Å². The third-order valence-electron chi connectivity index (χ3n) is 4.95. The van der Waals surface area contributed by atoms with Crippen molar-refractivity contribution in [2.75, 3.05) is 20.3 Å². The highest BCUT2D eigenvalue weighted by Gasteiger charge is 2.26. The van der Waals surface area contributed by atoms with E-state index < -0.39 is 6.04 Å². The number of nitrogens with two attached hydrogens (primary N) is 1. The van der Waals surface area contributed by atoms with Gasteiger partial charge >= 0.3 is 0 Å². The summed E-state index contributed by atoms with van der Waals surface area (Å²) in [6.45, 7) is 7.16. The van der Waals surface area contributed by atoms with E-state index in [1.165, 1.54) is 5.56 Å². The van der Waals surface area contributed by atoms with Crippen molar-refractivity contribution in [1.29, 1.82) is 0 Å². The van der Waals surface area contributed by atoms with Crippen molar-refractivity contribution >= 4 is 30.7 Å². The van der Waals surface area contributed by atoms with Crippen LogP contribution in [-0.2, 0) is 22.6 Å². The lowest BCUT2D eigenvalue weighted by molar-refractivity contribution is -0.124. The van der Waals surface area contributed by atoms with Crippen LogP contribution >= 0.6 is 24.8 Å². The highest BCUT2D eigenvalue weighted by molar-refractivity contribution is 5.85. The van der Waals surface area contributed by atoms with Crippen molar-refractivity contribution in [3.8, 4) is 0 Å². The van der Waals surface area contributed by atoms with Crippen molar-refractivity contribution in [3.63, 3.8) is 0 Å². The Morgan fingerprint density at radius 3 is 2.38 bits per heavy atom. The molecule has 1 aromatic rings. The smallest absolute Gasteiger partial charge is 0.237 e. The molecule has 1 aliphatic heterocycles. The van der Waals surface area contributed by atoms with Gasteiger partial charge in [0.15, 0.2) is 0 Å². The van der Waals surface area contributed by atoms with Crippen LogP contribution in [0.1, 0.15) is 37.8 Å². The minimum atomic E-state index is -0.445. The van der Waals surface area contributed by atoms with Gasteiger partial charge in [-0.1, -0.05) is 24.3 Å². The molecule has 1 amide bonds. The lowest BCUT2D eigenvalue weighted by atomic mass is 9.92. The SMILES string of the molecule is CC(C)N(C)Cc1ccccc1CNC(=O)C(N)C1CCOCC1.Cl.Cl. The first kappa shape index (κ1) is 25.1. The number of benzene rings is 1. The predicted molar refractivity (Wildman–Crippen MR) is 111 cm³/mol. The fourth-order valence-corrected chi connectivity index (χ4v) is 2.92. The Kier molecular flexibility index (Phi) is 12.1. The Morgan fingerprint density at radius 1 is 1.23 bits per heavy atom. The number of nitrogens with one attached hydrogen (secondary N) is 1. The number of rotatable bonds is 7. The van der Waals surface area contributed by atoms with Gasteiger partial charge in [-0.2, -0.15) is 0 Å². The molecule has 1 aromatic carbocycles. The molecular formula is C19H33Cl2N3O2. The highest BCUT2D eigenvalue weighted by atomic mass is 35.5. The highest BCUT2D eigenvalue weighted by Crippen LogP contribution is 2.18. The molecule has 0 aromatic heterocycles. The fourth-order valence-electron chi connectivity index (χ4n) is 2.92. The van der Waals surface area contributed by atoms with E-state index in [9.17, 15) is 4.79 Å². The molecule has 1 fully saturated rings. The van der Waals surface area contributed by atoms with E-state index in [1.807, 2.05) is 12.1 Å². The average molecular weight is 406 g/mol. The molecule has 1 aliphatic rings. The Balaban J connectivity index is 0.00000312. The van der Waals surface area contributed by atoms with Crippen LogP contribution in [0.4, 0.5) is 0 Å². The molecule has 3 N–H and O–H groups in total. The van der Waals surface area contributed by atoms with Gasteiger partial charge in [-0.25, -0.2) is 0 Å². The van der Waals surface area contributed by atoms with Crippen LogP contribution in [0.5, 0.6) is 0 Å². The summed E-state index contributed by atoms with van der Waals surface area (Å²) in [4.78, 5) is 14.7. The molecule has 0 spiro atoms. The van der Waals surface area contributed by atoms with Crippen LogP contribution < -0.4 is 11.1 Å². The molecule has 7 heteroatoms. The van der Waals surface area contributed by atoms with Gasteiger partial charge in [0, 0.05) is 32.3 Å². The molecule has 26 heavy (non-hydrogen) atoms. The van der Waals surface area contributed by atoms with Gasteiger partial charge < -0.3 is 15.8 Å². The summed E-state index contributed by atoms with van der Waals surface area (Å²) in [5.41, 5.74) is 8.53. The van der Waals surface area contributed by atoms with Crippen LogP contribution in [0, 0.1) is 5.92 Å². The standard InChI is InChI=1S/C19H31N3O2.2ClH/c1-14(2)22(3)13-17-7-5-4-6-16(17)12-21-19(23)18(20)15-8-10-24-11-9-15;;/h4-7,14-15,18H,8-13,20H2,1-3H3,(H,21,23);2*1H. The van der Waals surface area contributed by atoms with Crippen LogP contribution in [0.15, 0.2) is 24.3 Å². The molecule has 0 radical (unpaired) electrons. The molecule has 5 nitrogen and oxygen atoms in total. The largest absolute Gasteiger partial charge is 0.381 e. The first-order valence-electron chi connectivity index (χ1n) is 8.87. The summed E-state index contributed by atoms with van der Waals surface area (Å²) in [6, 6.07) is 8.29. The maximum Gasteiger partial charge on any atom is 0.237 e. The van der Waals surface area contributed by atoms with E-state index in [-0.39, 0.29) is 36.6 Å². The number of carbonyl (C=O) groups excluding carboxylic acids is 1. The van der Waals surface area contributed by atoms with E-state index in [1.54, 1.807) is 0 Å². The van der Waals surface area contributed by atoms with Gasteiger partial charge in [-0.15, -0.1) is 24.8 Å². The Morgan fingerprint density at radius 2 is 1.81 bits per heavy atom. The zero-order chi connectivity index (χ0) is 17.5. The van der Waals surface area contributed by atoms with Crippen molar-refractivity contribution < 1.29 is 9.53 Å². The summed E-state index contributed by atoms with van der Waals surface area (Å²) < 4.78 is 5.34. The zero-order valence-electron chi connectivity index (χ0n) is 15.9. The number of hydrogen-bond donors (Lipinski definition) is 2. The second-order valence-electron chi connectivity index (χ2n) is 6.97. The minimum Gasteiger partial charge on any atom is -0.381 e. The summed E-state index contributed by atoms with van der Waals surface area (Å²) in [6.07, 6.45) is 1.73. The summed E-state index contributed by atoms with van der Waals surface area (Å²) in [5.74, 6) is 0.162. The first-order valence-corrected chi connectivity index (χ1v) is 8.87. The molecule has 0 aliphatic carbocycles. The minimum absolute atomic E-state index is 0. The fraction of sp³-hybridized carbons (Fsp3) is 0.632. The molecule has 0 bridgehead atoms. The number of ether oxygens (including phenoxy) is 1. The zero-order valence-corrected chi connectivity index (χ0v) is 17.6. The molecule has 2 rings (SSSR count). The van der Waals surface area contributed by atoms with Gasteiger partial charge in [0.1, 0.15) is 0 Å². The quantitative estimate of drug-likeness (QED) is 0.731. The second kappa shape index (κ2) is 12.5. The Bertz CT molecular complexity index is 537. The van der Waals surface area contributed by atoms with E-state index >= 15 is 0 Å². The lowest BCUT2D eigenvalue weighted by Crippen LogP contribution is -2.46. The van der Waals surface area contributed by atoms with E-state index in [0.717, 1.165) is 24.9 Å². The van der Waals surface area contributed by atoms with Gasteiger partial charge in [0.25, 0.3) is 0 Å². The molecule has 150 valence electrons. The predicted octanol–water partition coefficient (Wildman–Crippen LogP) is 2.74. The average Bonchev–Trinajstić information content (AvgIpc) is 2.60. The second-order valence-corrected chi connectivity index (χ2v) is 6.97. The monoisotopic (exact) mass is 405 g/mol. The molecule has 1 heterocycles. The summed E-state index contributed by atoms with van der Waals surface area (Å²) >= 11 is 0. The Hall–Kier alpha value is -0.850. The Labute approximate surface area is 169 Å². The number of carbonyl (C=O) groups is 1. The van der Waals surface area contributed by atoms with E-state index in [0.29, 0.717) is 25.8 Å². The van der Waals surface area contributed by atoms with Gasteiger partial charge in [-0.3, -0.25) is 9.69 Å². The lowest BCUT2D eigenvalue weighted by Gasteiger charge is -2.27. The van der Waals surface area contributed by atoms with E-state index in [4.69, 9.17) is 10.5 Å². The third kappa shape index (κ3) is 7.41. The van der Waals surface area contributed by atoms with Crippen LogP contribution in [0.25, 0.3) is 0 Å². The number of nitrogens with zero attached hydrogens (tertiary/aromatic N) is 1. The maximum absolute atomic E-state index is 12.4. The summed E-state index contributed by atoms with van der Waals surface area (Å²) in [5, 5.41) is 3.02. The van der Waals surface area contributed by atoms with Crippen LogP contribution in [0.2, 0.25) is 0 Å². The summed E-state index contributed by atoms with van der Waals surface area (Å²) in [7, 11) is 2.11. The van der Waals surface area contributed by atoms with Crippen molar-refractivity contribution in [3.05, 3.63) is 35.4 Å². The molecule has 1 unspecified atom stereocenters. The third-order valence-corrected chi connectivity index (χ3v) is 4.95. The van der Waals surface area contributed by atoms with Crippen molar-refractivity contribution in [2.24, 2.45) is 11.7 Å². The molecular weight excluding hydrogens is 373 g/mol. The van der Waals surface area contributed by atoms with Crippen LogP contribution in [-0.4, -0.2) is 43.2 Å². The number of amides is 1. The van der Waals surface area contributed by atoms with Crippen LogP contribution in [0.3, 0.4) is 0 Å². The molecule has 1 saturated heterocycles. The molecule has 1 atom stereocenters. The molecule has 0 saturated carbocycles. The first-order chi connectivity index (χ1) is 11.5. The maximum atomic E-state index is 12.4. The topological polar surface area (TPSA) is 67.6 Å². The normalized spacial score (nSPS) is 15.9. The number of hydrogen-bond acceptors (Lipinski definition) is 4. The van der Waals surface area contributed by atoms with Gasteiger partial charge in [0.05, 0.1) is 6.04 Å².